The fourth-order valence-electron chi connectivity index (χ4n) is 3.08. The highest BCUT2D eigenvalue weighted by atomic mass is 16.1. The van der Waals surface area contributed by atoms with Crippen molar-refractivity contribution in [2.45, 2.75) is 6.92 Å². The summed E-state index contributed by atoms with van der Waals surface area (Å²) in [4.78, 5) is 27.7. The molecule has 0 radical (unpaired) electrons. The van der Waals surface area contributed by atoms with Crippen LogP contribution in [0.3, 0.4) is 0 Å². The van der Waals surface area contributed by atoms with E-state index in [1.54, 1.807) is 6.07 Å². The number of hydrogen-bond donors (Lipinski definition) is 1. The van der Waals surface area contributed by atoms with Crippen molar-refractivity contribution in [3.05, 3.63) is 71.4 Å². The average Bonchev–Trinajstić information content (AvgIpc) is 2.94. The molecular formula is C19H13NO2. The number of allylic oxidation sites excluding steroid dienone is 2. The molecule has 0 amide bonds. The molecule has 0 atom stereocenters. The van der Waals surface area contributed by atoms with E-state index in [0.717, 1.165) is 27.6 Å². The van der Waals surface area contributed by atoms with Gasteiger partial charge in [-0.1, -0.05) is 24.3 Å². The normalized spacial score (nSPS) is 13.7. The molecule has 0 spiro atoms. The number of carbonyl (C=O) groups is 2. The van der Waals surface area contributed by atoms with Gasteiger partial charge in [0.05, 0.1) is 0 Å². The Morgan fingerprint density at radius 3 is 2.45 bits per heavy atom. The van der Waals surface area contributed by atoms with Gasteiger partial charge in [-0.25, -0.2) is 0 Å². The molecule has 22 heavy (non-hydrogen) atoms. The van der Waals surface area contributed by atoms with Gasteiger partial charge >= 0.3 is 0 Å². The van der Waals surface area contributed by atoms with Gasteiger partial charge in [0.1, 0.15) is 0 Å². The van der Waals surface area contributed by atoms with E-state index in [-0.39, 0.29) is 11.6 Å². The second-order valence-corrected chi connectivity index (χ2v) is 5.54. The number of aromatic amines is 1. The minimum atomic E-state index is -0.116. The third kappa shape index (κ3) is 1.76. The van der Waals surface area contributed by atoms with Gasteiger partial charge in [-0.3, -0.25) is 9.59 Å². The van der Waals surface area contributed by atoms with E-state index >= 15 is 0 Å². The highest BCUT2D eigenvalue weighted by Gasteiger charge is 2.24. The summed E-state index contributed by atoms with van der Waals surface area (Å²) in [6.45, 7) is 1.94. The van der Waals surface area contributed by atoms with Gasteiger partial charge in [0.25, 0.3) is 0 Å². The number of hydrogen-bond acceptors (Lipinski definition) is 2. The number of nitrogens with one attached hydrogen (secondary N) is 1. The highest BCUT2D eigenvalue weighted by molar-refractivity contribution is 6.25. The molecule has 0 fully saturated rings. The minimum absolute atomic E-state index is 0.112. The summed E-state index contributed by atoms with van der Waals surface area (Å²) in [6.07, 6.45) is 4.61. The molecule has 4 rings (SSSR count). The van der Waals surface area contributed by atoms with Crippen LogP contribution in [0.2, 0.25) is 0 Å². The van der Waals surface area contributed by atoms with E-state index < -0.39 is 0 Å². The molecule has 0 saturated carbocycles. The van der Waals surface area contributed by atoms with Crippen LogP contribution in [-0.2, 0) is 0 Å². The van der Waals surface area contributed by atoms with Gasteiger partial charge in [-0.15, -0.1) is 0 Å². The van der Waals surface area contributed by atoms with Crippen LogP contribution < -0.4 is 0 Å². The van der Waals surface area contributed by atoms with Crippen molar-refractivity contribution in [1.82, 2.24) is 4.98 Å². The Balaban J connectivity index is 2.09. The lowest BCUT2D eigenvalue weighted by Crippen LogP contribution is -2.13. The topological polar surface area (TPSA) is 49.9 Å². The number of para-hydroxylation sites is 1. The SMILES string of the molecule is Cc1cc2c(c(-c3c[nH]c4ccccc34)c1)C(=O)C=CC2=O. The zero-order chi connectivity index (χ0) is 15.3. The summed E-state index contributed by atoms with van der Waals surface area (Å²) in [6, 6.07) is 11.7. The number of fused-ring (bicyclic) bond motifs is 2. The van der Waals surface area contributed by atoms with E-state index in [9.17, 15) is 9.59 Å². The zero-order valence-electron chi connectivity index (χ0n) is 12.0. The number of aromatic nitrogens is 1. The molecule has 1 aliphatic rings. The van der Waals surface area contributed by atoms with E-state index in [0.29, 0.717) is 11.1 Å². The summed E-state index contributed by atoms with van der Waals surface area (Å²) in [7, 11) is 0. The monoisotopic (exact) mass is 287 g/mol. The maximum absolute atomic E-state index is 12.3. The number of carbonyl (C=O) groups excluding carboxylic acids is 2. The largest absolute Gasteiger partial charge is 0.361 e. The fraction of sp³-hybridized carbons (Fsp3) is 0.0526. The van der Waals surface area contributed by atoms with Crippen LogP contribution in [0.25, 0.3) is 22.0 Å². The summed E-state index contributed by atoms with van der Waals surface area (Å²) >= 11 is 0. The Bertz CT molecular complexity index is 976. The van der Waals surface area contributed by atoms with E-state index in [1.165, 1.54) is 12.2 Å². The lowest BCUT2D eigenvalue weighted by Gasteiger charge is -2.15. The third-order valence-electron chi connectivity index (χ3n) is 4.06. The first kappa shape index (κ1) is 12.8. The van der Waals surface area contributed by atoms with Crippen LogP contribution in [0.15, 0.2) is 54.7 Å². The minimum Gasteiger partial charge on any atom is -0.361 e. The van der Waals surface area contributed by atoms with Crippen LogP contribution in [0, 0.1) is 6.92 Å². The number of ketones is 2. The maximum Gasteiger partial charge on any atom is 0.187 e. The number of aryl methyl sites for hydroxylation is 1. The Morgan fingerprint density at radius 1 is 0.864 bits per heavy atom. The van der Waals surface area contributed by atoms with Crippen molar-refractivity contribution < 1.29 is 9.59 Å². The van der Waals surface area contributed by atoms with Crippen molar-refractivity contribution in [2.75, 3.05) is 0 Å². The van der Waals surface area contributed by atoms with E-state index in [4.69, 9.17) is 0 Å². The van der Waals surface area contributed by atoms with E-state index in [2.05, 4.69) is 4.98 Å². The first-order valence-corrected chi connectivity index (χ1v) is 7.13. The summed E-state index contributed by atoms with van der Waals surface area (Å²) in [5.41, 5.74) is 4.74. The van der Waals surface area contributed by atoms with Gasteiger partial charge < -0.3 is 4.98 Å². The van der Waals surface area contributed by atoms with Crippen LogP contribution in [0.1, 0.15) is 26.3 Å². The summed E-state index contributed by atoms with van der Waals surface area (Å²) in [5.74, 6) is -0.228. The third-order valence-corrected chi connectivity index (χ3v) is 4.06. The molecule has 3 nitrogen and oxygen atoms in total. The average molecular weight is 287 g/mol. The van der Waals surface area contributed by atoms with Crippen molar-refractivity contribution in [3.63, 3.8) is 0 Å². The zero-order valence-corrected chi connectivity index (χ0v) is 12.0. The quantitative estimate of drug-likeness (QED) is 0.733. The molecule has 0 unspecified atom stereocenters. The second-order valence-electron chi connectivity index (χ2n) is 5.54. The van der Waals surface area contributed by atoms with Crippen LogP contribution in [-0.4, -0.2) is 16.6 Å². The van der Waals surface area contributed by atoms with E-state index in [1.807, 2.05) is 43.5 Å². The summed E-state index contributed by atoms with van der Waals surface area (Å²) < 4.78 is 0. The highest BCUT2D eigenvalue weighted by Crippen LogP contribution is 2.35. The first-order valence-electron chi connectivity index (χ1n) is 7.13. The van der Waals surface area contributed by atoms with Gasteiger partial charge in [0.15, 0.2) is 11.6 Å². The van der Waals surface area contributed by atoms with Crippen molar-refractivity contribution in [3.8, 4) is 11.1 Å². The molecule has 106 valence electrons. The maximum atomic E-state index is 12.3. The molecule has 1 aliphatic carbocycles. The molecule has 3 aromatic rings. The smallest absolute Gasteiger partial charge is 0.187 e. The molecule has 2 aromatic carbocycles. The Labute approximate surface area is 127 Å². The van der Waals surface area contributed by atoms with Crippen LogP contribution >= 0.6 is 0 Å². The van der Waals surface area contributed by atoms with Gasteiger partial charge in [0.2, 0.25) is 0 Å². The standard InChI is InChI=1S/C19H13NO2/c1-11-8-13(15-10-20-16-5-3-2-4-12(15)16)19-14(9-11)17(21)6-7-18(19)22/h2-10,20H,1H3. The second kappa shape index (κ2) is 4.53. The molecule has 0 aliphatic heterocycles. The lowest BCUT2D eigenvalue weighted by atomic mass is 9.86. The first-order chi connectivity index (χ1) is 10.6. The Morgan fingerprint density at radius 2 is 1.59 bits per heavy atom. The van der Waals surface area contributed by atoms with Crippen LogP contribution in [0.5, 0.6) is 0 Å². The molecule has 0 saturated heterocycles. The Hall–Kier alpha value is -2.94. The Kier molecular flexibility index (Phi) is 2.63. The fourth-order valence-corrected chi connectivity index (χ4v) is 3.08. The van der Waals surface area contributed by atoms with Crippen molar-refractivity contribution in [2.24, 2.45) is 0 Å². The molecule has 0 bridgehead atoms. The van der Waals surface area contributed by atoms with Crippen molar-refractivity contribution in [1.29, 1.82) is 0 Å². The van der Waals surface area contributed by atoms with Gasteiger partial charge in [-0.2, -0.15) is 0 Å². The molecule has 1 N–H and O–H groups in total. The summed E-state index contributed by atoms with van der Waals surface area (Å²) in [5, 5.41) is 1.05. The van der Waals surface area contributed by atoms with Crippen molar-refractivity contribution >= 4 is 22.5 Å². The molecule has 1 aromatic heterocycles. The molecular weight excluding hydrogens is 274 g/mol. The lowest BCUT2D eigenvalue weighted by molar-refractivity contribution is 0.0994. The number of rotatable bonds is 1. The molecule has 1 heterocycles. The van der Waals surface area contributed by atoms with Gasteiger partial charge in [-0.05, 0) is 42.3 Å². The molecule has 3 heteroatoms. The number of benzene rings is 2. The predicted octanol–water partition coefficient (Wildman–Crippen LogP) is 4.08. The predicted molar refractivity (Wildman–Crippen MR) is 86.3 cm³/mol. The van der Waals surface area contributed by atoms with Gasteiger partial charge in [0, 0.05) is 33.8 Å². The number of H-pyrrole nitrogens is 1. The van der Waals surface area contributed by atoms with Crippen LogP contribution in [0.4, 0.5) is 0 Å².